The average molecular weight is 389 g/mol. The van der Waals surface area contributed by atoms with E-state index in [4.69, 9.17) is 14.5 Å². The highest BCUT2D eigenvalue weighted by Gasteiger charge is 2.16. The van der Waals surface area contributed by atoms with Gasteiger partial charge in [-0.1, -0.05) is 0 Å². The second-order valence-corrected chi connectivity index (χ2v) is 6.68. The number of rotatable bonds is 9. The minimum absolute atomic E-state index is 0.188. The molecule has 8 nitrogen and oxygen atoms in total. The van der Waals surface area contributed by atoms with Crippen molar-refractivity contribution < 1.29 is 9.47 Å². The van der Waals surface area contributed by atoms with Gasteiger partial charge in [-0.25, -0.2) is 4.99 Å². The largest absolute Gasteiger partial charge is 0.497 e. The van der Waals surface area contributed by atoms with Crippen molar-refractivity contribution in [2.24, 2.45) is 12.0 Å². The van der Waals surface area contributed by atoms with Crippen molar-refractivity contribution in [1.29, 1.82) is 0 Å². The highest BCUT2D eigenvalue weighted by Crippen LogP contribution is 2.25. The van der Waals surface area contributed by atoms with Crippen molar-refractivity contribution in [3.8, 4) is 11.5 Å². The van der Waals surface area contributed by atoms with Gasteiger partial charge >= 0.3 is 0 Å². The first kappa shape index (κ1) is 21.6. The maximum absolute atomic E-state index is 5.46. The van der Waals surface area contributed by atoms with E-state index < -0.39 is 0 Å². The number of aryl methyl sites for hydroxylation is 1. The van der Waals surface area contributed by atoms with Gasteiger partial charge in [-0.05, 0) is 33.2 Å². The Hall–Kier alpha value is -2.74. The molecule has 0 radical (unpaired) electrons. The molecule has 154 valence electrons. The summed E-state index contributed by atoms with van der Waals surface area (Å²) >= 11 is 0. The molecule has 0 aliphatic carbocycles. The van der Waals surface area contributed by atoms with E-state index in [1.54, 1.807) is 14.2 Å². The fraction of sp³-hybridized carbons (Fsp3) is 0.500. The zero-order chi connectivity index (χ0) is 20.5. The Kier molecular flexibility index (Phi) is 8.13. The lowest BCUT2D eigenvalue weighted by atomic mass is 10.1. The first-order valence-corrected chi connectivity index (χ1v) is 9.36. The normalized spacial score (nSPS) is 12.8. The Morgan fingerprint density at radius 2 is 2.04 bits per heavy atom. The van der Waals surface area contributed by atoms with Gasteiger partial charge in [-0.2, -0.15) is 5.10 Å². The monoisotopic (exact) mass is 388 g/mol. The maximum atomic E-state index is 5.46. The van der Waals surface area contributed by atoms with Gasteiger partial charge in [0.15, 0.2) is 5.96 Å². The topological polar surface area (TPSA) is 75.9 Å². The van der Waals surface area contributed by atoms with Crippen LogP contribution >= 0.6 is 0 Å². The van der Waals surface area contributed by atoms with Gasteiger partial charge in [-0.15, -0.1) is 0 Å². The van der Waals surface area contributed by atoms with E-state index in [0.29, 0.717) is 13.1 Å². The number of nitrogens with one attached hydrogen (secondary N) is 2. The van der Waals surface area contributed by atoms with Crippen LogP contribution in [0.3, 0.4) is 0 Å². The predicted molar refractivity (Wildman–Crippen MR) is 112 cm³/mol. The van der Waals surface area contributed by atoms with E-state index in [2.05, 4.69) is 41.7 Å². The molecule has 0 saturated heterocycles. The molecular formula is C20H32N6O2. The summed E-state index contributed by atoms with van der Waals surface area (Å²) < 4.78 is 12.5. The van der Waals surface area contributed by atoms with Crippen LogP contribution in [-0.4, -0.2) is 62.0 Å². The van der Waals surface area contributed by atoms with Crippen molar-refractivity contribution in [2.75, 3.05) is 41.4 Å². The number of aliphatic imine (C=N–C) groups is 1. The molecule has 0 fully saturated rings. The SMILES string of the molecule is CCNC(=NCc1ccc(OC)cc1OC)NCC(c1cnn(C)c1)N(C)C. The van der Waals surface area contributed by atoms with E-state index >= 15 is 0 Å². The summed E-state index contributed by atoms with van der Waals surface area (Å²) in [6.07, 6.45) is 3.94. The third-order valence-corrected chi connectivity index (χ3v) is 4.44. The molecule has 1 unspecified atom stereocenters. The lowest BCUT2D eigenvalue weighted by Gasteiger charge is -2.24. The van der Waals surface area contributed by atoms with Gasteiger partial charge in [0.25, 0.3) is 0 Å². The Morgan fingerprint density at radius 1 is 1.25 bits per heavy atom. The van der Waals surface area contributed by atoms with Crippen molar-refractivity contribution in [1.82, 2.24) is 25.3 Å². The number of ether oxygens (including phenoxy) is 2. The van der Waals surface area contributed by atoms with Crippen molar-refractivity contribution in [3.05, 3.63) is 41.7 Å². The number of hydrogen-bond acceptors (Lipinski definition) is 5. The highest BCUT2D eigenvalue weighted by atomic mass is 16.5. The van der Waals surface area contributed by atoms with Crippen LogP contribution in [0.4, 0.5) is 0 Å². The summed E-state index contributed by atoms with van der Waals surface area (Å²) in [7, 11) is 9.35. The molecule has 0 amide bonds. The molecule has 28 heavy (non-hydrogen) atoms. The van der Waals surface area contributed by atoms with Gasteiger partial charge in [-0.3, -0.25) is 4.68 Å². The molecule has 1 atom stereocenters. The fourth-order valence-electron chi connectivity index (χ4n) is 2.89. The number of guanidine groups is 1. The molecule has 8 heteroatoms. The summed E-state index contributed by atoms with van der Waals surface area (Å²) in [6.45, 7) is 4.05. The van der Waals surface area contributed by atoms with Crippen molar-refractivity contribution in [3.63, 3.8) is 0 Å². The molecule has 1 aromatic heterocycles. The number of hydrogen-bond donors (Lipinski definition) is 2. The number of aromatic nitrogens is 2. The van der Waals surface area contributed by atoms with Crippen LogP contribution in [0.2, 0.25) is 0 Å². The third-order valence-electron chi connectivity index (χ3n) is 4.44. The highest BCUT2D eigenvalue weighted by molar-refractivity contribution is 5.79. The van der Waals surface area contributed by atoms with Crippen LogP contribution < -0.4 is 20.1 Å². The number of nitrogens with zero attached hydrogens (tertiary/aromatic N) is 4. The Balaban J connectivity index is 2.09. The summed E-state index contributed by atoms with van der Waals surface area (Å²) in [5, 5.41) is 11.0. The molecule has 2 rings (SSSR count). The zero-order valence-corrected chi connectivity index (χ0v) is 17.7. The smallest absolute Gasteiger partial charge is 0.191 e. The Morgan fingerprint density at radius 3 is 2.61 bits per heavy atom. The van der Waals surface area contributed by atoms with Gasteiger partial charge in [0, 0.05) is 43.5 Å². The van der Waals surface area contributed by atoms with E-state index in [9.17, 15) is 0 Å². The van der Waals surface area contributed by atoms with Crippen LogP contribution in [0.1, 0.15) is 24.1 Å². The molecule has 1 aromatic carbocycles. The van der Waals surface area contributed by atoms with Gasteiger partial charge in [0.2, 0.25) is 0 Å². The summed E-state index contributed by atoms with van der Waals surface area (Å²) in [5.41, 5.74) is 2.16. The van der Waals surface area contributed by atoms with Gasteiger partial charge < -0.3 is 25.0 Å². The third kappa shape index (κ3) is 5.88. The van der Waals surface area contributed by atoms with Crippen molar-refractivity contribution in [2.45, 2.75) is 19.5 Å². The second-order valence-electron chi connectivity index (χ2n) is 6.68. The number of methoxy groups -OCH3 is 2. The first-order chi connectivity index (χ1) is 13.5. The first-order valence-electron chi connectivity index (χ1n) is 9.36. The molecule has 0 bridgehead atoms. The zero-order valence-electron chi connectivity index (χ0n) is 17.7. The summed E-state index contributed by atoms with van der Waals surface area (Å²) in [5.74, 6) is 2.29. The van der Waals surface area contributed by atoms with E-state index in [1.165, 1.54) is 0 Å². The standard InChI is InChI=1S/C20H32N6O2/c1-7-21-20(22-11-15-8-9-17(27-5)10-19(15)28-6)23-13-18(25(2)3)16-12-24-26(4)14-16/h8-10,12,14,18H,7,11,13H2,1-6H3,(H2,21,22,23). The summed E-state index contributed by atoms with van der Waals surface area (Å²) in [6, 6.07) is 5.95. The quantitative estimate of drug-likeness (QED) is 0.504. The molecule has 0 spiro atoms. The van der Waals surface area contributed by atoms with Crippen LogP contribution in [0.25, 0.3) is 0 Å². The lowest BCUT2D eigenvalue weighted by Crippen LogP contribution is -2.41. The minimum Gasteiger partial charge on any atom is -0.497 e. The minimum atomic E-state index is 0.188. The molecule has 2 N–H and O–H groups in total. The maximum Gasteiger partial charge on any atom is 0.191 e. The van der Waals surface area contributed by atoms with Crippen LogP contribution in [0, 0.1) is 0 Å². The van der Waals surface area contributed by atoms with E-state index in [0.717, 1.165) is 35.1 Å². The molecule has 1 heterocycles. The van der Waals surface area contributed by atoms with Gasteiger partial charge in [0.1, 0.15) is 11.5 Å². The van der Waals surface area contributed by atoms with Gasteiger partial charge in [0.05, 0.1) is 33.0 Å². The number of benzene rings is 1. The predicted octanol–water partition coefficient (Wildman–Crippen LogP) is 1.80. The van der Waals surface area contributed by atoms with Crippen LogP contribution in [0.5, 0.6) is 11.5 Å². The number of likely N-dealkylation sites (N-methyl/N-ethyl adjacent to an activating group) is 1. The average Bonchev–Trinajstić information content (AvgIpc) is 3.11. The lowest BCUT2D eigenvalue weighted by molar-refractivity contribution is 0.298. The fourth-order valence-corrected chi connectivity index (χ4v) is 2.89. The second kappa shape index (κ2) is 10.6. The van der Waals surface area contributed by atoms with Crippen LogP contribution in [-0.2, 0) is 13.6 Å². The van der Waals surface area contributed by atoms with Crippen LogP contribution in [0.15, 0.2) is 35.6 Å². The molecule has 2 aromatic rings. The summed E-state index contributed by atoms with van der Waals surface area (Å²) in [4.78, 5) is 6.88. The molecule has 0 saturated carbocycles. The Bertz CT molecular complexity index is 772. The van der Waals surface area contributed by atoms with E-state index in [1.807, 2.05) is 42.3 Å². The molecule has 0 aliphatic heterocycles. The molecular weight excluding hydrogens is 356 g/mol. The van der Waals surface area contributed by atoms with E-state index in [-0.39, 0.29) is 6.04 Å². The Labute approximate surface area is 167 Å². The van der Waals surface area contributed by atoms with Crippen molar-refractivity contribution >= 4 is 5.96 Å². The molecule has 0 aliphatic rings.